The van der Waals surface area contributed by atoms with Crippen molar-refractivity contribution in [1.29, 1.82) is 0 Å². The van der Waals surface area contributed by atoms with Crippen LogP contribution >= 0.6 is 0 Å². The minimum absolute atomic E-state index is 0. The van der Waals surface area contributed by atoms with E-state index in [2.05, 4.69) is 10.2 Å². The molecule has 1 amide bonds. The molecule has 0 unspecified atom stereocenters. The molecule has 4 rings (SSSR count). The lowest BCUT2D eigenvalue weighted by Crippen LogP contribution is -2.71. The molecule has 3 aliphatic rings. The Balaban J connectivity index is 0.00000353. The number of likely N-dealkylation sites (tertiary alicyclic amines) is 1. The first-order chi connectivity index (χ1) is 20.3. The summed E-state index contributed by atoms with van der Waals surface area (Å²) >= 11 is 0. The highest BCUT2D eigenvalue weighted by atomic mass is 16.6. The lowest BCUT2D eigenvalue weighted by molar-refractivity contribution is -0.171. The molecule has 1 saturated heterocycles. The quantitative estimate of drug-likeness (QED) is 0.221. The van der Waals surface area contributed by atoms with Gasteiger partial charge in [-0.05, 0) is 58.8 Å². The first-order valence-corrected chi connectivity index (χ1v) is 14.5. The topological polar surface area (TPSA) is 198 Å². The van der Waals surface area contributed by atoms with Gasteiger partial charge in [-0.15, -0.1) is 0 Å². The van der Waals surface area contributed by atoms with E-state index in [-0.39, 0.29) is 65.5 Å². The molecule has 6 N–H and O–H groups in total. The van der Waals surface area contributed by atoms with Crippen LogP contribution in [0.4, 0.5) is 0 Å². The molecule has 1 aromatic rings. The zero-order chi connectivity index (χ0) is 31.7. The number of carboxylic acids is 1. The molecule has 0 bridgehead atoms. The van der Waals surface area contributed by atoms with Gasteiger partial charge >= 0.3 is 17.9 Å². The number of aryl methyl sites for hydroxylation is 1. The smallest absolute Gasteiger partial charge is 0.352 e. The molecule has 252 valence electrons. The Morgan fingerprint density at radius 3 is 2.56 bits per heavy atom. The molecule has 6 atom stereocenters. The number of aliphatic carboxylic acids is 1. The van der Waals surface area contributed by atoms with E-state index in [4.69, 9.17) is 25.1 Å². The molecule has 13 nitrogen and oxygen atoms in total. The zero-order valence-corrected chi connectivity index (χ0v) is 24.9. The number of nitrogens with one attached hydrogen (secondary N) is 1. The minimum Gasteiger partial charge on any atom is -0.481 e. The summed E-state index contributed by atoms with van der Waals surface area (Å²) in [5.41, 5.74) is 5.71. The van der Waals surface area contributed by atoms with Gasteiger partial charge in [-0.1, -0.05) is 27.0 Å². The Bertz CT molecular complexity index is 1320. The van der Waals surface area contributed by atoms with Crippen molar-refractivity contribution in [2.45, 2.75) is 110 Å². The van der Waals surface area contributed by atoms with Crippen molar-refractivity contribution in [3.8, 4) is 5.75 Å². The molecule has 1 aliphatic carbocycles. The monoisotopic (exact) mass is 635 g/mol. The number of piperidine rings is 1. The molecule has 0 radical (unpaired) electrons. The van der Waals surface area contributed by atoms with E-state index < -0.39 is 53.1 Å². The maximum atomic E-state index is 13.1. The molecule has 1 aromatic carbocycles. The predicted molar refractivity (Wildman–Crippen MR) is 165 cm³/mol. The third-order valence-electron chi connectivity index (χ3n) is 9.10. The number of hydrogen-bond donors (Lipinski definition) is 5. The minimum atomic E-state index is -1.28. The fraction of sp³-hybridized carbons (Fsp3) is 0.625. The third kappa shape index (κ3) is 6.86. The van der Waals surface area contributed by atoms with E-state index in [1.165, 1.54) is 6.92 Å². The first kappa shape index (κ1) is 37.7. The van der Waals surface area contributed by atoms with Crippen LogP contribution in [0.3, 0.4) is 0 Å². The van der Waals surface area contributed by atoms with E-state index in [9.17, 15) is 29.4 Å². The van der Waals surface area contributed by atoms with E-state index in [1.807, 2.05) is 27.0 Å². The zero-order valence-electron chi connectivity index (χ0n) is 24.9. The molecule has 13 heteroatoms. The Morgan fingerprint density at radius 2 is 1.91 bits per heavy atom. The predicted octanol–water partition coefficient (Wildman–Crippen LogP) is 1.67. The van der Waals surface area contributed by atoms with E-state index in [0.29, 0.717) is 24.3 Å². The first-order valence-electron chi connectivity index (χ1n) is 14.5. The summed E-state index contributed by atoms with van der Waals surface area (Å²) in [6, 6.07) is 2.39. The number of aliphatic hydroxyl groups is 2. The second-order valence-corrected chi connectivity index (χ2v) is 11.6. The highest BCUT2D eigenvalue weighted by Crippen LogP contribution is 2.61. The van der Waals surface area contributed by atoms with Gasteiger partial charge in [-0.25, -0.2) is 4.79 Å². The standard InChI is InChI=1S/C30H41N3O10.2CH4/c1-16-5-6-19(15-34)25-24(16)29-12-14-33(4)18(3)30(29,40)11-9-21(26(29)43-25)42-28(39)17(2)41-23(37)10-13-32-27(38)20(31)7-8-22(35)36;;/h5-6,9,17-18,20,26,34,40H,7-8,10-15,31H2,1-4H3,(H,32,38)(H,35,36);2*1H4/t17-,18+,20-,26-,29-,30+;;/m0../s1. The van der Waals surface area contributed by atoms with Gasteiger partial charge in [0.05, 0.1) is 30.1 Å². The summed E-state index contributed by atoms with van der Waals surface area (Å²) in [6.45, 7) is 5.54. The summed E-state index contributed by atoms with van der Waals surface area (Å²) in [6.07, 6.45) is -0.338. The van der Waals surface area contributed by atoms with Crippen LogP contribution in [-0.4, -0.2) is 94.1 Å². The number of carbonyl (C=O) groups is 4. The molecule has 1 fully saturated rings. The van der Waals surface area contributed by atoms with Gasteiger partial charge in [0.15, 0.2) is 12.2 Å². The molecule has 45 heavy (non-hydrogen) atoms. The maximum absolute atomic E-state index is 13.1. The molecule has 2 aliphatic heterocycles. The molecule has 0 aromatic heterocycles. The molecular weight excluding hydrogens is 586 g/mol. The van der Waals surface area contributed by atoms with E-state index >= 15 is 0 Å². The second-order valence-electron chi connectivity index (χ2n) is 11.6. The number of benzene rings is 1. The number of aliphatic hydroxyl groups excluding tert-OH is 1. The van der Waals surface area contributed by atoms with Crippen LogP contribution < -0.4 is 15.8 Å². The average Bonchev–Trinajstić information content (AvgIpc) is 3.33. The van der Waals surface area contributed by atoms with Crippen LogP contribution in [0.15, 0.2) is 24.0 Å². The van der Waals surface area contributed by atoms with Crippen LogP contribution in [0.2, 0.25) is 0 Å². The summed E-state index contributed by atoms with van der Waals surface area (Å²) in [7, 11) is 1.95. The van der Waals surface area contributed by atoms with Crippen LogP contribution in [0.25, 0.3) is 0 Å². The normalized spacial score (nSPS) is 26.2. The third-order valence-corrected chi connectivity index (χ3v) is 9.10. The van der Waals surface area contributed by atoms with Gasteiger partial charge in [0, 0.05) is 36.6 Å². The van der Waals surface area contributed by atoms with Crippen LogP contribution in [0, 0.1) is 6.92 Å². The van der Waals surface area contributed by atoms with Gasteiger partial charge in [0.2, 0.25) is 5.91 Å². The van der Waals surface area contributed by atoms with Crippen molar-refractivity contribution in [1.82, 2.24) is 10.2 Å². The van der Waals surface area contributed by atoms with Crippen molar-refractivity contribution in [2.75, 3.05) is 20.1 Å². The lowest BCUT2D eigenvalue weighted by atomic mass is 9.54. The largest absolute Gasteiger partial charge is 0.481 e. The number of hydrogen-bond acceptors (Lipinski definition) is 11. The lowest BCUT2D eigenvalue weighted by Gasteiger charge is -2.58. The number of amides is 1. The number of likely N-dealkylation sites (N-methyl/N-ethyl adjacent to an activating group) is 1. The molecule has 2 heterocycles. The molecule has 0 saturated carbocycles. The van der Waals surface area contributed by atoms with Crippen LogP contribution in [0.5, 0.6) is 5.75 Å². The molecule has 1 spiro atoms. The Kier molecular flexibility index (Phi) is 12.3. The summed E-state index contributed by atoms with van der Waals surface area (Å²) in [4.78, 5) is 50.2. The number of nitrogens with two attached hydrogens (primary N) is 1. The van der Waals surface area contributed by atoms with Gasteiger partial charge < -0.3 is 45.5 Å². The van der Waals surface area contributed by atoms with Gasteiger partial charge in [0.1, 0.15) is 11.5 Å². The fourth-order valence-electron chi connectivity index (χ4n) is 6.53. The summed E-state index contributed by atoms with van der Waals surface area (Å²) < 4.78 is 17.5. The molecular formula is C32H49N3O10. The number of rotatable bonds is 11. The SMILES string of the molecule is C.C.Cc1ccc(CO)c2c1[C@]13CCN(C)[C@H](C)[C@]1(O)CC=C(OC(=O)[C@H](C)OC(=O)CCNC(=O)[C@@H](N)CCC(=O)O)[C@@H]3O2. The summed E-state index contributed by atoms with van der Waals surface area (Å²) in [5.74, 6) is -2.58. The van der Waals surface area contributed by atoms with E-state index in [0.717, 1.165) is 11.1 Å². The maximum Gasteiger partial charge on any atom is 0.352 e. The van der Waals surface area contributed by atoms with E-state index in [1.54, 1.807) is 12.1 Å². The van der Waals surface area contributed by atoms with Crippen molar-refractivity contribution in [2.24, 2.45) is 5.73 Å². The van der Waals surface area contributed by atoms with Crippen LogP contribution in [-0.2, 0) is 40.7 Å². The summed E-state index contributed by atoms with van der Waals surface area (Å²) in [5, 5.41) is 33.5. The Labute approximate surface area is 264 Å². The number of esters is 2. The van der Waals surface area contributed by atoms with Crippen LogP contribution in [0.1, 0.15) is 77.5 Å². The highest BCUT2D eigenvalue weighted by molar-refractivity contribution is 5.83. The van der Waals surface area contributed by atoms with Crippen molar-refractivity contribution >= 4 is 23.8 Å². The number of fused-ring (bicyclic) bond motifs is 1. The van der Waals surface area contributed by atoms with Gasteiger partial charge in [0.25, 0.3) is 0 Å². The van der Waals surface area contributed by atoms with Gasteiger partial charge in [-0.2, -0.15) is 0 Å². The fourth-order valence-corrected chi connectivity index (χ4v) is 6.53. The highest BCUT2D eigenvalue weighted by Gasteiger charge is 2.69. The number of carbonyl (C=O) groups excluding carboxylic acids is 3. The van der Waals surface area contributed by atoms with Crippen molar-refractivity contribution < 1.29 is 48.7 Å². The number of ether oxygens (including phenoxy) is 3. The number of carboxylic acid groups (broad SMARTS) is 1. The van der Waals surface area contributed by atoms with Gasteiger partial charge in [-0.3, -0.25) is 14.4 Å². The average molecular weight is 636 g/mol. The Morgan fingerprint density at radius 1 is 1.22 bits per heavy atom. The van der Waals surface area contributed by atoms with Crippen molar-refractivity contribution in [3.63, 3.8) is 0 Å². The second kappa shape index (κ2) is 14.7. The Hall–Kier alpha value is -3.52. The number of nitrogens with zero attached hydrogens (tertiary/aromatic N) is 1. The van der Waals surface area contributed by atoms with Crippen molar-refractivity contribution in [3.05, 3.63) is 40.7 Å².